The Morgan fingerprint density at radius 3 is 2.36 bits per heavy atom. The summed E-state index contributed by atoms with van der Waals surface area (Å²) in [5.74, 6) is 0.931. The summed E-state index contributed by atoms with van der Waals surface area (Å²) in [6, 6.07) is 0.758. The Morgan fingerprint density at radius 2 is 1.79 bits per heavy atom. The summed E-state index contributed by atoms with van der Waals surface area (Å²) in [6.07, 6.45) is 4.14. The van der Waals surface area contributed by atoms with Crippen LogP contribution in [0.3, 0.4) is 0 Å². The first-order chi connectivity index (χ1) is 6.74. The van der Waals surface area contributed by atoms with Crippen molar-refractivity contribution in [3.8, 4) is 0 Å². The fraction of sp³-hybridized carbons (Fsp3) is 1.00. The van der Waals surface area contributed by atoms with E-state index in [0.29, 0.717) is 0 Å². The maximum Gasteiger partial charge on any atom is 0.0259 e. The molecule has 0 aromatic carbocycles. The fourth-order valence-corrected chi connectivity index (χ4v) is 2.52. The highest BCUT2D eigenvalue weighted by molar-refractivity contribution is 4.78. The molecule has 0 amide bonds. The van der Waals surface area contributed by atoms with E-state index in [2.05, 4.69) is 29.3 Å². The normalized spacial score (nSPS) is 36.4. The maximum atomic E-state index is 3.68. The van der Waals surface area contributed by atoms with Gasteiger partial charge in [0.25, 0.3) is 0 Å². The number of hydrazine groups is 1. The molecule has 0 aromatic heterocycles. The lowest BCUT2D eigenvalue weighted by atomic mass is 10.1. The zero-order valence-electron chi connectivity index (χ0n) is 9.50. The van der Waals surface area contributed by atoms with E-state index in [1.165, 1.54) is 45.4 Å². The van der Waals surface area contributed by atoms with E-state index in [1.807, 2.05) is 0 Å². The van der Waals surface area contributed by atoms with E-state index < -0.39 is 0 Å². The number of piperazine rings is 1. The molecule has 14 heavy (non-hydrogen) atoms. The van der Waals surface area contributed by atoms with Crippen LogP contribution >= 0.6 is 0 Å². The van der Waals surface area contributed by atoms with Crippen LogP contribution in [-0.4, -0.2) is 49.2 Å². The number of likely N-dealkylation sites (N-methyl/N-ethyl adjacent to an activating group) is 1. The van der Waals surface area contributed by atoms with Gasteiger partial charge < -0.3 is 4.90 Å². The summed E-state index contributed by atoms with van der Waals surface area (Å²) in [4.78, 5) is 2.40. The zero-order chi connectivity index (χ0) is 9.97. The molecule has 0 bridgehead atoms. The third-order valence-electron chi connectivity index (χ3n) is 3.56. The maximum absolute atomic E-state index is 3.68. The summed E-state index contributed by atoms with van der Waals surface area (Å²) < 4.78 is 0. The summed E-state index contributed by atoms with van der Waals surface area (Å²) in [6.45, 7) is 7.14. The van der Waals surface area contributed by atoms with Crippen molar-refractivity contribution in [2.45, 2.75) is 32.2 Å². The van der Waals surface area contributed by atoms with Crippen LogP contribution in [0, 0.1) is 5.92 Å². The molecule has 3 nitrogen and oxygen atoms in total. The van der Waals surface area contributed by atoms with Crippen LogP contribution in [0.4, 0.5) is 0 Å². The van der Waals surface area contributed by atoms with Crippen LogP contribution < -0.4 is 5.43 Å². The van der Waals surface area contributed by atoms with Crippen LogP contribution in [0.2, 0.25) is 0 Å². The van der Waals surface area contributed by atoms with Crippen LogP contribution in [0.5, 0.6) is 0 Å². The minimum Gasteiger partial charge on any atom is -0.304 e. The molecule has 0 unspecified atom stereocenters. The van der Waals surface area contributed by atoms with E-state index in [-0.39, 0.29) is 0 Å². The predicted octanol–water partition coefficient (Wildman–Crippen LogP) is 0.927. The molecule has 1 N–H and O–H groups in total. The Hall–Kier alpha value is -0.120. The van der Waals surface area contributed by atoms with Crippen LogP contribution in [0.15, 0.2) is 0 Å². The van der Waals surface area contributed by atoms with Crippen molar-refractivity contribution < 1.29 is 0 Å². The van der Waals surface area contributed by atoms with Crippen molar-refractivity contribution in [2.75, 3.05) is 33.2 Å². The average Bonchev–Trinajstić information content (AvgIpc) is 2.56. The Kier molecular flexibility index (Phi) is 3.42. The molecule has 0 spiro atoms. The molecule has 1 saturated carbocycles. The molecule has 1 saturated heterocycles. The van der Waals surface area contributed by atoms with E-state index in [1.54, 1.807) is 0 Å². The largest absolute Gasteiger partial charge is 0.304 e. The van der Waals surface area contributed by atoms with Gasteiger partial charge >= 0.3 is 0 Å². The fourth-order valence-electron chi connectivity index (χ4n) is 2.52. The Balaban J connectivity index is 1.70. The molecule has 2 fully saturated rings. The van der Waals surface area contributed by atoms with Crippen molar-refractivity contribution in [3.05, 3.63) is 0 Å². The lowest BCUT2D eigenvalue weighted by molar-refractivity contribution is 0.0871. The highest BCUT2D eigenvalue weighted by Crippen LogP contribution is 2.24. The molecule has 1 heterocycles. The molecule has 2 atom stereocenters. The number of nitrogens with zero attached hydrogens (tertiary/aromatic N) is 2. The number of hydrogen-bond donors (Lipinski definition) is 1. The molecule has 0 radical (unpaired) electrons. The van der Waals surface area contributed by atoms with E-state index in [4.69, 9.17) is 0 Å². The van der Waals surface area contributed by atoms with Gasteiger partial charge in [-0.3, -0.25) is 5.43 Å². The minimum atomic E-state index is 0.758. The quantitative estimate of drug-likeness (QED) is 0.710. The van der Waals surface area contributed by atoms with Crippen molar-refractivity contribution in [2.24, 2.45) is 5.92 Å². The first kappa shape index (κ1) is 10.4. The number of rotatable bonds is 2. The molecule has 3 heteroatoms. The molecule has 1 aliphatic carbocycles. The van der Waals surface area contributed by atoms with Crippen molar-refractivity contribution >= 4 is 0 Å². The van der Waals surface area contributed by atoms with Gasteiger partial charge in [-0.15, -0.1) is 0 Å². The van der Waals surface area contributed by atoms with Gasteiger partial charge in [0.15, 0.2) is 0 Å². The lowest BCUT2D eigenvalue weighted by Crippen LogP contribution is -2.53. The average molecular weight is 197 g/mol. The molecule has 2 aliphatic rings. The third-order valence-corrected chi connectivity index (χ3v) is 3.56. The van der Waals surface area contributed by atoms with E-state index in [9.17, 15) is 0 Å². The summed E-state index contributed by atoms with van der Waals surface area (Å²) in [7, 11) is 2.20. The Bertz CT molecular complexity index is 175. The van der Waals surface area contributed by atoms with Crippen molar-refractivity contribution in [1.82, 2.24) is 15.3 Å². The molecular formula is C11H23N3. The highest BCUT2D eigenvalue weighted by Gasteiger charge is 2.23. The SMILES string of the molecule is C[C@@H]1CC[C@H](NN2CCN(C)CC2)C1. The molecule has 82 valence electrons. The number of hydrogen-bond acceptors (Lipinski definition) is 3. The van der Waals surface area contributed by atoms with E-state index >= 15 is 0 Å². The second kappa shape index (κ2) is 4.60. The summed E-state index contributed by atoms with van der Waals surface area (Å²) >= 11 is 0. The summed E-state index contributed by atoms with van der Waals surface area (Å²) in [5, 5.41) is 2.42. The van der Waals surface area contributed by atoms with E-state index in [0.717, 1.165) is 12.0 Å². The second-order valence-electron chi connectivity index (χ2n) is 5.03. The highest BCUT2D eigenvalue weighted by atomic mass is 15.5. The monoisotopic (exact) mass is 197 g/mol. The second-order valence-corrected chi connectivity index (χ2v) is 5.03. The van der Waals surface area contributed by atoms with Gasteiger partial charge in [0.05, 0.1) is 0 Å². The Morgan fingerprint density at radius 1 is 1.07 bits per heavy atom. The molecular weight excluding hydrogens is 174 g/mol. The van der Waals surface area contributed by atoms with Gasteiger partial charge in [0.1, 0.15) is 0 Å². The molecule has 2 rings (SSSR count). The van der Waals surface area contributed by atoms with Gasteiger partial charge in [0.2, 0.25) is 0 Å². The zero-order valence-corrected chi connectivity index (χ0v) is 9.50. The van der Waals surface area contributed by atoms with Gasteiger partial charge in [-0.05, 0) is 32.2 Å². The topological polar surface area (TPSA) is 18.5 Å². The van der Waals surface area contributed by atoms with Gasteiger partial charge in [-0.25, -0.2) is 5.01 Å². The van der Waals surface area contributed by atoms with Gasteiger partial charge in [-0.2, -0.15) is 0 Å². The molecule has 1 aliphatic heterocycles. The third kappa shape index (κ3) is 2.69. The van der Waals surface area contributed by atoms with Gasteiger partial charge in [-0.1, -0.05) is 6.92 Å². The van der Waals surface area contributed by atoms with Crippen molar-refractivity contribution in [3.63, 3.8) is 0 Å². The standard InChI is InChI=1S/C11H23N3/c1-10-3-4-11(9-10)12-14-7-5-13(2)6-8-14/h10-12H,3-9H2,1-2H3/t10-,11+/m1/s1. The first-order valence-electron chi connectivity index (χ1n) is 5.93. The summed E-state index contributed by atoms with van der Waals surface area (Å²) in [5.41, 5.74) is 3.68. The first-order valence-corrected chi connectivity index (χ1v) is 5.93. The lowest BCUT2D eigenvalue weighted by Gasteiger charge is -2.34. The number of nitrogens with one attached hydrogen (secondary N) is 1. The predicted molar refractivity (Wildman–Crippen MR) is 59.0 cm³/mol. The van der Waals surface area contributed by atoms with Crippen LogP contribution in [0.25, 0.3) is 0 Å². The van der Waals surface area contributed by atoms with Crippen LogP contribution in [-0.2, 0) is 0 Å². The minimum absolute atomic E-state index is 0.758. The smallest absolute Gasteiger partial charge is 0.0259 e. The Labute approximate surface area is 87.4 Å². The van der Waals surface area contributed by atoms with Gasteiger partial charge in [0, 0.05) is 32.2 Å². The van der Waals surface area contributed by atoms with Crippen LogP contribution in [0.1, 0.15) is 26.2 Å². The van der Waals surface area contributed by atoms with Crippen molar-refractivity contribution in [1.29, 1.82) is 0 Å². The molecule has 0 aromatic rings.